The van der Waals surface area contributed by atoms with Gasteiger partial charge in [0.25, 0.3) is 0 Å². The van der Waals surface area contributed by atoms with Crippen molar-refractivity contribution in [2.75, 3.05) is 26.2 Å². The van der Waals surface area contributed by atoms with Crippen LogP contribution in [0.3, 0.4) is 0 Å². The number of ether oxygens (including phenoxy) is 1. The Morgan fingerprint density at radius 3 is 2.57 bits per heavy atom. The summed E-state index contributed by atoms with van der Waals surface area (Å²) in [6.07, 6.45) is 2.49. The van der Waals surface area contributed by atoms with Crippen molar-refractivity contribution in [3.05, 3.63) is 29.8 Å². The number of piperidine rings is 1. The first-order valence-corrected chi connectivity index (χ1v) is 8.87. The van der Waals surface area contributed by atoms with Gasteiger partial charge < -0.3 is 10.5 Å². The maximum Gasteiger partial charge on any atom is 0.243 e. The molecule has 118 valence electrons. The van der Waals surface area contributed by atoms with Gasteiger partial charge in [-0.1, -0.05) is 18.2 Å². The molecule has 0 bridgehead atoms. The highest BCUT2D eigenvalue weighted by molar-refractivity contribution is 7.89. The molecule has 1 saturated heterocycles. The van der Waals surface area contributed by atoms with Gasteiger partial charge >= 0.3 is 0 Å². The number of sulfonamides is 1. The number of benzene rings is 1. The second-order valence-corrected chi connectivity index (χ2v) is 7.29. The summed E-state index contributed by atoms with van der Waals surface area (Å²) in [6, 6.07) is 7.12. The minimum absolute atomic E-state index is 0.153. The molecule has 0 unspecified atom stereocenters. The number of nitrogens with two attached hydrogens (primary N) is 1. The van der Waals surface area contributed by atoms with E-state index in [2.05, 4.69) is 0 Å². The van der Waals surface area contributed by atoms with Gasteiger partial charge in [0, 0.05) is 19.7 Å². The zero-order valence-corrected chi connectivity index (χ0v) is 13.3. The van der Waals surface area contributed by atoms with Gasteiger partial charge in [-0.15, -0.1) is 0 Å². The SMILES string of the molecule is Cc1ccccc1S(=O)(=O)N1CCC(OCCCN)CC1. The van der Waals surface area contributed by atoms with Crippen LogP contribution in [0.1, 0.15) is 24.8 Å². The van der Waals surface area contributed by atoms with Gasteiger partial charge in [-0.3, -0.25) is 0 Å². The lowest BCUT2D eigenvalue weighted by Gasteiger charge is -2.31. The lowest BCUT2D eigenvalue weighted by atomic mass is 10.1. The smallest absolute Gasteiger partial charge is 0.243 e. The van der Waals surface area contributed by atoms with Crippen LogP contribution in [0.2, 0.25) is 0 Å². The quantitative estimate of drug-likeness (QED) is 0.808. The number of rotatable bonds is 6. The van der Waals surface area contributed by atoms with Crippen LogP contribution >= 0.6 is 0 Å². The fraction of sp³-hybridized carbons (Fsp3) is 0.600. The van der Waals surface area contributed by atoms with Crippen molar-refractivity contribution >= 4 is 10.0 Å². The van der Waals surface area contributed by atoms with Crippen LogP contribution in [0.25, 0.3) is 0 Å². The average Bonchev–Trinajstić information content (AvgIpc) is 2.48. The van der Waals surface area contributed by atoms with E-state index in [0.717, 1.165) is 24.8 Å². The van der Waals surface area contributed by atoms with Gasteiger partial charge in [0.05, 0.1) is 11.0 Å². The summed E-state index contributed by atoms with van der Waals surface area (Å²) in [4.78, 5) is 0.410. The standard InChI is InChI=1S/C15H24N2O3S/c1-13-5-2-3-6-15(13)21(18,19)17-10-7-14(8-11-17)20-12-4-9-16/h2-3,5-6,14H,4,7-12,16H2,1H3. The van der Waals surface area contributed by atoms with Crippen LogP contribution in [-0.2, 0) is 14.8 Å². The van der Waals surface area contributed by atoms with E-state index in [4.69, 9.17) is 10.5 Å². The van der Waals surface area contributed by atoms with Crippen molar-refractivity contribution in [1.29, 1.82) is 0 Å². The summed E-state index contributed by atoms with van der Waals surface area (Å²) in [5.41, 5.74) is 6.22. The first kappa shape index (κ1) is 16.4. The lowest BCUT2D eigenvalue weighted by molar-refractivity contribution is 0.0209. The summed E-state index contributed by atoms with van der Waals surface area (Å²) in [6.45, 7) is 4.15. The topological polar surface area (TPSA) is 72.6 Å². The van der Waals surface area contributed by atoms with Crippen molar-refractivity contribution < 1.29 is 13.2 Å². The molecule has 0 radical (unpaired) electrons. The van der Waals surface area contributed by atoms with E-state index in [1.54, 1.807) is 16.4 Å². The largest absolute Gasteiger partial charge is 0.378 e. The lowest BCUT2D eigenvalue weighted by Crippen LogP contribution is -2.41. The second kappa shape index (κ2) is 7.35. The summed E-state index contributed by atoms with van der Waals surface area (Å²) < 4.78 is 32.6. The number of nitrogens with zero attached hydrogens (tertiary/aromatic N) is 1. The maximum atomic E-state index is 12.6. The van der Waals surface area contributed by atoms with E-state index in [1.165, 1.54) is 0 Å². The number of hydrogen-bond acceptors (Lipinski definition) is 4. The summed E-state index contributed by atoms with van der Waals surface area (Å²) in [5, 5.41) is 0. The third-order valence-electron chi connectivity index (χ3n) is 3.81. The molecule has 0 saturated carbocycles. The molecule has 1 aromatic rings. The maximum absolute atomic E-state index is 12.6. The monoisotopic (exact) mass is 312 g/mol. The van der Waals surface area contributed by atoms with Crippen molar-refractivity contribution in [2.45, 2.75) is 37.2 Å². The Bertz CT molecular complexity index is 552. The number of hydrogen-bond donors (Lipinski definition) is 1. The highest BCUT2D eigenvalue weighted by atomic mass is 32.2. The van der Waals surface area contributed by atoms with Crippen LogP contribution in [-0.4, -0.2) is 45.1 Å². The normalized spacial score (nSPS) is 18.0. The van der Waals surface area contributed by atoms with E-state index in [9.17, 15) is 8.42 Å². The second-order valence-electron chi connectivity index (χ2n) is 5.38. The summed E-state index contributed by atoms with van der Waals surface area (Å²) in [7, 11) is -3.38. The Labute approximate surface area is 127 Å². The van der Waals surface area contributed by atoms with E-state index >= 15 is 0 Å². The fourth-order valence-corrected chi connectivity index (χ4v) is 4.25. The molecule has 1 aliphatic heterocycles. The van der Waals surface area contributed by atoms with Crippen molar-refractivity contribution in [3.8, 4) is 0 Å². The van der Waals surface area contributed by atoms with E-state index in [0.29, 0.717) is 31.1 Å². The van der Waals surface area contributed by atoms with Crippen LogP contribution in [0.5, 0.6) is 0 Å². The molecule has 0 aliphatic carbocycles. The van der Waals surface area contributed by atoms with E-state index in [1.807, 2.05) is 19.1 Å². The molecule has 2 rings (SSSR count). The van der Waals surface area contributed by atoms with Gasteiger partial charge in [-0.25, -0.2) is 8.42 Å². The van der Waals surface area contributed by atoms with E-state index in [-0.39, 0.29) is 6.10 Å². The highest BCUT2D eigenvalue weighted by Crippen LogP contribution is 2.24. The molecule has 21 heavy (non-hydrogen) atoms. The average molecular weight is 312 g/mol. The first-order chi connectivity index (χ1) is 10.1. The molecule has 1 fully saturated rings. The Balaban J connectivity index is 1.97. The van der Waals surface area contributed by atoms with Crippen LogP contribution < -0.4 is 5.73 Å². The van der Waals surface area contributed by atoms with Gasteiger partial charge in [-0.05, 0) is 44.4 Å². The molecule has 0 atom stereocenters. The molecular formula is C15H24N2O3S. The molecule has 0 amide bonds. The molecule has 0 spiro atoms. The molecule has 2 N–H and O–H groups in total. The predicted octanol–water partition coefficient (Wildman–Crippen LogP) is 1.51. The van der Waals surface area contributed by atoms with Crippen LogP contribution in [0.15, 0.2) is 29.2 Å². The molecule has 5 nitrogen and oxygen atoms in total. The molecular weight excluding hydrogens is 288 g/mol. The van der Waals surface area contributed by atoms with Crippen molar-refractivity contribution in [3.63, 3.8) is 0 Å². The Morgan fingerprint density at radius 1 is 1.29 bits per heavy atom. The third kappa shape index (κ3) is 4.03. The van der Waals surface area contributed by atoms with Gasteiger partial charge in [0.1, 0.15) is 0 Å². The third-order valence-corrected chi connectivity index (χ3v) is 5.87. The molecule has 1 heterocycles. The Hall–Kier alpha value is -0.950. The van der Waals surface area contributed by atoms with Crippen LogP contribution in [0, 0.1) is 6.92 Å². The number of aryl methyl sites for hydroxylation is 1. The zero-order chi connectivity index (χ0) is 15.3. The Morgan fingerprint density at radius 2 is 1.95 bits per heavy atom. The Kier molecular flexibility index (Phi) is 5.75. The highest BCUT2D eigenvalue weighted by Gasteiger charge is 2.30. The fourth-order valence-electron chi connectivity index (χ4n) is 2.56. The van der Waals surface area contributed by atoms with E-state index < -0.39 is 10.0 Å². The van der Waals surface area contributed by atoms with Gasteiger partial charge in [-0.2, -0.15) is 4.31 Å². The van der Waals surface area contributed by atoms with Gasteiger partial charge in [0.2, 0.25) is 10.0 Å². The zero-order valence-electron chi connectivity index (χ0n) is 12.5. The molecule has 1 aromatic carbocycles. The minimum Gasteiger partial charge on any atom is -0.378 e. The molecule has 6 heteroatoms. The molecule has 0 aromatic heterocycles. The first-order valence-electron chi connectivity index (χ1n) is 7.43. The summed E-state index contributed by atoms with van der Waals surface area (Å²) >= 11 is 0. The predicted molar refractivity (Wildman–Crippen MR) is 82.6 cm³/mol. The van der Waals surface area contributed by atoms with Crippen molar-refractivity contribution in [1.82, 2.24) is 4.31 Å². The summed E-state index contributed by atoms with van der Waals surface area (Å²) in [5.74, 6) is 0. The van der Waals surface area contributed by atoms with Gasteiger partial charge in [0.15, 0.2) is 0 Å². The minimum atomic E-state index is -3.38. The van der Waals surface area contributed by atoms with Crippen LogP contribution in [0.4, 0.5) is 0 Å². The van der Waals surface area contributed by atoms with Crippen molar-refractivity contribution in [2.24, 2.45) is 5.73 Å². The molecule has 1 aliphatic rings.